The van der Waals surface area contributed by atoms with Crippen LogP contribution in [0.5, 0.6) is 0 Å². The van der Waals surface area contributed by atoms with Crippen LogP contribution in [0.4, 0.5) is 58.4 Å². The number of halogens is 12. The normalized spacial score (nSPS) is 12.7. The van der Waals surface area contributed by atoms with Crippen molar-refractivity contribution in [3.63, 3.8) is 0 Å². The molecule has 0 spiro atoms. The van der Waals surface area contributed by atoms with E-state index in [1.807, 2.05) is 0 Å². The van der Waals surface area contributed by atoms with Crippen molar-refractivity contribution in [3.8, 4) is 0 Å². The van der Waals surface area contributed by atoms with Gasteiger partial charge in [0, 0.05) is 17.7 Å². The molecule has 0 heterocycles. The summed E-state index contributed by atoms with van der Waals surface area (Å²) in [6, 6.07) is 18.8. The van der Waals surface area contributed by atoms with E-state index in [2.05, 4.69) is 0 Å². The minimum absolute atomic E-state index is 0.0114. The highest BCUT2D eigenvalue weighted by atomic mass is 32.2. The first-order chi connectivity index (χ1) is 26.1. The lowest BCUT2D eigenvalue weighted by atomic mass is 9.13. The van der Waals surface area contributed by atoms with Crippen molar-refractivity contribution in [1.82, 2.24) is 0 Å². The van der Waals surface area contributed by atoms with Crippen molar-refractivity contribution < 1.29 is 66.6 Å². The molecule has 0 aliphatic carbocycles. The molecule has 0 atom stereocenters. The third-order valence-electron chi connectivity index (χ3n) is 8.83. The molecule has 5 aromatic carbocycles. The Kier molecular flexibility index (Phi) is 12.6. The Morgan fingerprint density at radius 3 is 0.947 bits per heavy atom. The third-order valence-corrected chi connectivity index (χ3v) is 9.79. The minimum atomic E-state index is -4.77. The Hall–Kier alpha value is -5.46. The summed E-state index contributed by atoms with van der Waals surface area (Å²) >= 11 is 0. The van der Waals surface area contributed by atoms with Gasteiger partial charge in [-0.1, -0.05) is 97.1 Å². The number of hydrogen-bond donors (Lipinski definition) is 0. The second kappa shape index (κ2) is 16.2. The lowest BCUT2D eigenvalue weighted by Gasteiger charge is -2.44. The van der Waals surface area contributed by atoms with E-state index in [-0.39, 0.29) is 39.1 Å². The fourth-order valence-corrected chi connectivity index (χ4v) is 6.96. The Bertz CT molecular complexity index is 1990. The summed E-state index contributed by atoms with van der Waals surface area (Å²) in [5, 5.41) is 10.4. The standard InChI is InChI=1S/C28H16BF12.C10H12NO4S/c30-25(31,32)17-1-9-21(10-2-17)29(22-11-3-18(4-12-22)26(33,34)35,23-13-5-19(6-14-23)27(36,37)38)24-15-7-20(8-16-24)28(39,40)41;1-16(2,15)7-10(12)8-3-5-9(6-4-8)11(13)14/h1-16H;3-6H,7H2,1-2H3/q-1;+1. The van der Waals surface area contributed by atoms with Crippen LogP contribution in [0, 0.1) is 10.1 Å². The van der Waals surface area contributed by atoms with Gasteiger partial charge in [0.15, 0.2) is 5.75 Å². The van der Waals surface area contributed by atoms with Gasteiger partial charge in [0.25, 0.3) is 5.69 Å². The van der Waals surface area contributed by atoms with Crippen LogP contribution >= 0.6 is 0 Å². The second-order valence-corrected chi connectivity index (χ2v) is 16.3. The SMILES string of the molecule is C[S+](C)(=O)CC(=O)c1ccc([N+](=O)[O-])cc1.FC(F)(F)c1ccc([B-](c2ccc(C(F)(F)F)cc2)(c2ccc(C(F)(F)F)cc2)c2ccc(C(F)(F)F)cc2)cc1. The minimum Gasteiger partial charge on any atom is -0.289 e. The van der Waals surface area contributed by atoms with Gasteiger partial charge >= 0.3 is 24.7 Å². The molecule has 5 rings (SSSR count). The van der Waals surface area contributed by atoms with E-state index in [0.717, 1.165) is 48.5 Å². The molecule has 302 valence electrons. The molecular formula is C38H28BF12NO4S. The van der Waals surface area contributed by atoms with E-state index in [9.17, 15) is 71.8 Å². The molecule has 0 amide bonds. The van der Waals surface area contributed by atoms with Crippen LogP contribution < -0.4 is 21.9 Å². The number of nitro benzene ring substituents is 1. The van der Waals surface area contributed by atoms with Gasteiger partial charge in [-0.3, -0.25) is 14.9 Å². The number of Topliss-reactive ketones (excluding diaryl/α,β-unsaturated/α-hetero) is 1. The molecule has 0 radical (unpaired) electrons. The molecule has 0 fully saturated rings. The Labute approximate surface area is 317 Å². The summed E-state index contributed by atoms with van der Waals surface area (Å²) in [5.74, 6) is -0.296. The van der Waals surface area contributed by atoms with Crippen LogP contribution in [0.25, 0.3) is 0 Å². The smallest absolute Gasteiger partial charge is 0.289 e. The molecular weight excluding hydrogens is 805 g/mol. The maximum absolute atomic E-state index is 13.3. The zero-order valence-corrected chi connectivity index (χ0v) is 30.2. The number of alkyl halides is 12. The van der Waals surface area contributed by atoms with Crippen LogP contribution in [0.1, 0.15) is 32.6 Å². The second-order valence-electron chi connectivity index (χ2n) is 13.2. The summed E-state index contributed by atoms with van der Waals surface area (Å²) in [7, 11) is -2.13. The lowest BCUT2D eigenvalue weighted by Crippen LogP contribution is -2.74. The molecule has 0 bridgehead atoms. The molecule has 5 aromatic rings. The molecule has 0 saturated carbocycles. The molecule has 57 heavy (non-hydrogen) atoms. The van der Waals surface area contributed by atoms with E-state index >= 15 is 0 Å². The van der Waals surface area contributed by atoms with Crippen molar-refractivity contribution in [2.24, 2.45) is 0 Å². The number of benzene rings is 5. The number of hydrogen-bond acceptors (Lipinski definition) is 4. The van der Waals surface area contributed by atoms with E-state index in [4.69, 9.17) is 0 Å². The predicted octanol–water partition coefficient (Wildman–Crippen LogP) is 8.68. The van der Waals surface area contributed by atoms with Gasteiger partial charge in [-0.15, -0.1) is 4.21 Å². The highest BCUT2D eigenvalue weighted by molar-refractivity contribution is 8.02. The first-order valence-corrected chi connectivity index (χ1v) is 18.7. The Morgan fingerprint density at radius 2 is 0.754 bits per heavy atom. The first kappa shape index (κ1) is 44.3. The maximum atomic E-state index is 13.3. The van der Waals surface area contributed by atoms with Crippen LogP contribution in [-0.4, -0.2) is 35.1 Å². The van der Waals surface area contributed by atoms with E-state index in [0.29, 0.717) is 54.1 Å². The number of non-ortho nitro benzene ring substituents is 1. The number of rotatable bonds is 8. The Morgan fingerprint density at radius 1 is 0.509 bits per heavy atom. The number of carbonyl (C=O) groups is 1. The molecule has 0 aromatic heterocycles. The molecule has 0 saturated heterocycles. The van der Waals surface area contributed by atoms with Crippen molar-refractivity contribution >= 4 is 49.4 Å². The van der Waals surface area contributed by atoms with Gasteiger partial charge in [0.1, 0.15) is 18.7 Å². The quantitative estimate of drug-likeness (QED) is 0.0392. The monoisotopic (exact) mass is 833 g/mol. The fraction of sp³-hybridized carbons (Fsp3) is 0.184. The predicted molar refractivity (Wildman–Crippen MR) is 192 cm³/mol. The maximum Gasteiger partial charge on any atom is 0.416 e. The third kappa shape index (κ3) is 10.7. The zero-order chi connectivity index (χ0) is 42.8. The van der Waals surface area contributed by atoms with Crippen LogP contribution in [0.3, 0.4) is 0 Å². The molecule has 0 N–H and O–H groups in total. The fourth-order valence-electron chi connectivity index (χ4n) is 6.17. The van der Waals surface area contributed by atoms with Gasteiger partial charge in [0.2, 0.25) is 5.78 Å². The summed E-state index contributed by atoms with van der Waals surface area (Å²) in [6.07, 6.45) is -19.0. The lowest BCUT2D eigenvalue weighted by molar-refractivity contribution is -0.384. The van der Waals surface area contributed by atoms with Gasteiger partial charge in [-0.2, -0.15) is 74.5 Å². The molecule has 5 nitrogen and oxygen atoms in total. The first-order valence-electron chi connectivity index (χ1n) is 16.2. The van der Waals surface area contributed by atoms with Gasteiger partial charge < -0.3 is 0 Å². The summed E-state index contributed by atoms with van der Waals surface area (Å²) in [5.41, 5.74) is -4.01. The van der Waals surface area contributed by atoms with Crippen LogP contribution in [0.2, 0.25) is 0 Å². The van der Waals surface area contributed by atoms with Gasteiger partial charge in [-0.25, -0.2) is 0 Å². The Balaban J connectivity index is 0.000000377. The number of nitro groups is 1. The van der Waals surface area contributed by atoms with Gasteiger partial charge in [-0.05, 0) is 12.1 Å². The van der Waals surface area contributed by atoms with Crippen LogP contribution in [-0.2, 0) is 38.8 Å². The molecule has 0 aliphatic rings. The van der Waals surface area contributed by atoms with Crippen molar-refractivity contribution in [3.05, 3.63) is 159 Å². The summed E-state index contributed by atoms with van der Waals surface area (Å²) in [6.45, 7) is 0. The number of nitrogens with zero attached hydrogens (tertiary/aromatic N) is 1. The van der Waals surface area contributed by atoms with Gasteiger partial charge in [0.05, 0.1) is 37.1 Å². The van der Waals surface area contributed by atoms with E-state index in [1.54, 1.807) is 0 Å². The van der Waals surface area contributed by atoms with E-state index < -0.39 is 68.0 Å². The number of carbonyl (C=O) groups excluding carboxylic acids is 1. The average molecular weight is 834 g/mol. The average Bonchev–Trinajstić information content (AvgIpc) is 3.11. The largest absolute Gasteiger partial charge is 0.416 e. The molecule has 0 unspecified atom stereocenters. The zero-order valence-electron chi connectivity index (χ0n) is 29.4. The van der Waals surface area contributed by atoms with Crippen molar-refractivity contribution in [1.29, 1.82) is 0 Å². The van der Waals surface area contributed by atoms with Crippen molar-refractivity contribution in [2.45, 2.75) is 24.7 Å². The molecule has 19 heteroatoms. The van der Waals surface area contributed by atoms with Crippen molar-refractivity contribution in [2.75, 3.05) is 18.3 Å². The number of ketones is 1. The summed E-state index contributed by atoms with van der Waals surface area (Å²) < 4.78 is 171. The van der Waals surface area contributed by atoms with E-state index in [1.165, 1.54) is 36.8 Å². The topological polar surface area (TPSA) is 77.3 Å². The van der Waals surface area contributed by atoms with Crippen LogP contribution in [0.15, 0.2) is 121 Å². The molecule has 0 aliphatic heterocycles. The highest BCUT2D eigenvalue weighted by Crippen LogP contribution is 2.32. The summed E-state index contributed by atoms with van der Waals surface area (Å²) in [4.78, 5) is 21.4. The highest BCUT2D eigenvalue weighted by Gasteiger charge is 2.38.